The zero-order valence-corrected chi connectivity index (χ0v) is 16.5. The first-order valence-corrected chi connectivity index (χ1v) is 9.84. The summed E-state index contributed by atoms with van der Waals surface area (Å²) in [4.78, 5) is 14.3. The molecule has 0 radical (unpaired) electrons. The summed E-state index contributed by atoms with van der Waals surface area (Å²) in [5.41, 5.74) is 0.746. The van der Waals surface area contributed by atoms with Gasteiger partial charge in [-0.05, 0) is 42.0 Å². The number of ether oxygens (including phenoxy) is 1. The van der Waals surface area contributed by atoms with Gasteiger partial charge in [-0.3, -0.25) is 14.4 Å². The summed E-state index contributed by atoms with van der Waals surface area (Å²) in [6, 6.07) is 7.77. The van der Waals surface area contributed by atoms with Gasteiger partial charge in [0.2, 0.25) is 5.91 Å². The van der Waals surface area contributed by atoms with Gasteiger partial charge in [-0.25, -0.2) is 0 Å². The van der Waals surface area contributed by atoms with Gasteiger partial charge in [0.1, 0.15) is 5.75 Å². The number of alkyl halides is 3. The molecule has 7 nitrogen and oxygen atoms in total. The Hall–Kier alpha value is -2.59. The van der Waals surface area contributed by atoms with E-state index in [0.29, 0.717) is 36.7 Å². The van der Waals surface area contributed by atoms with Gasteiger partial charge in [0.25, 0.3) is 0 Å². The molecule has 2 atom stereocenters. The van der Waals surface area contributed by atoms with Gasteiger partial charge in [0.15, 0.2) is 5.82 Å². The third-order valence-electron chi connectivity index (χ3n) is 5.64. The topological polar surface area (TPSA) is 71.4 Å². The van der Waals surface area contributed by atoms with Crippen LogP contribution in [0.5, 0.6) is 5.75 Å². The maximum absolute atomic E-state index is 12.3. The number of rotatable bonds is 8. The van der Waals surface area contributed by atoms with Crippen molar-refractivity contribution >= 4 is 11.7 Å². The van der Waals surface area contributed by atoms with Gasteiger partial charge in [-0.15, -0.1) is 13.2 Å². The molecule has 2 unspecified atom stereocenters. The molecule has 4 rings (SSSR count). The molecule has 0 spiro atoms. The molecule has 162 valence electrons. The Morgan fingerprint density at radius 3 is 2.70 bits per heavy atom. The Morgan fingerprint density at radius 2 is 2.03 bits per heavy atom. The molecule has 2 fully saturated rings. The fourth-order valence-corrected chi connectivity index (χ4v) is 4.27. The highest BCUT2D eigenvalue weighted by Gasteiger charge is 2.54. The number of amides is 1. The van der Waals surface area contributed by atoms with E-state index in [1.165, 1.54) is 12.1 Å². The van der Waals surface area contributed by atoms with Crippen molar-refractivity contribution in [3.63, 3.8) is 0 Å². The number of nitrogens with one attached hydrogen (secondary N) is 2. The highest BCUT2D eigenvalue weighted by Crippen LogP contribution is 2.51. The van der Waals surface area contributed by atoms with Crippen LogP contribution in [0.1, 0.15) is 5.56 Å². The summed E-state index contributed by atoms with van der Waals surface area (Å²) < 4.78 is 42.6. The van der Waals surface area contributed by atoms with Crippen molar-refractivity contribution < 1.29 is 22.7 Å². The number of nitrogens with zero attached hydrogens (tertiary/aromatic N) is 3. The second-order valence-corrected chi connectivity index (χ2v) is 7.93. The molecule has 2 aliphatic rings. The van der Waals surface area contributed by atoms with Crippen molar-refractivity contribution in [3.05, 3.63) is 42.1 Å². The van der Waals surface area contributed by atoms with E-state index in [0.717, 1.165) is 25.2 Å². The molecular weight excluding hydrogens is 399 g/mol. The van der Waals surface area contributed by atoms with E-state index < -0.39 is 6.36 Å². The SMILES string of the molecule is Cn1ccc(NC(=O)CN2CC3C(CNCc4cccc(OC(F)(F)F)c4)C3C2)n1. The predicted octanol–water partition coefficient (Wildman–Crippen LogP) is 2.22. The Balaban J connectivity index is 1.15. The van der Waals surface area contributed by atoms with Crippen LogP contribution in [0.15, 0.2) is 36.5 Å². The predicted molar refractivity (Wildman–Crippen MR) is 104 cm³/mol. The minimum absolute atomic E-state index is 0.0642. The molecule has 1 aliphatic carbocycles. The molecule has 2 N–H and O–H groups in total. The van der Waals surface area contributed by atoms with Gasteiger partial charge in [0, 0.05) is 38.9 Å². The standard InChI is InChI=1S/C20H24F3N5O2/c1-27-6-5-18(26-27)25-19(29)12-28-10-16-15(17(16)11-28)9-24-8-13-3-2-4-14(7-13)30-20(21,22)23/h2-7,15-17,24H,8-12H2,1H3,(H,25,26,29). The average Bonchev–Trinajstić information content (AvgIpc) is 2.96. The van der Waals surface area contributed by atoms with Crippen LogP contribution in [0.25, 0.3) is 0 Å². The number of hydrogen-bond acceptors (Lipinski definition) is 5. The Morgan fingerprint density at radius 1 is 1.27 bits per heavy atom. The smallest absolute Gasteiger partial charge is 0.406 e. The summed E-state index contributed by atoms with van der Waals surface area (Å²) in [5, 5.41) is 10.3. The molecule has 1 aromatic carbocycles. The fraction of sp³-hybridized carbons (Fsp3) is 0.500. The van der Waals surface area contributed by atoms with Crippen molar-refractivity contribution in [2.24, 2.45) is 24.8 Å². The molecule has 1 saturated heterocycles. The number of halogens is 3. The van der Waals surface area contributed by atoms with Crippen LogP contribution in [0.3, 0.4) is 0 Å². The first-order chi connectivity index (χ1) is 14.3. The van der Waals surface area contributed by atoms with Crippen molar-refractivity contribution in [1.82, 2.24) is 20.0 Å². The Bertz CT molecular complexity index is 889. The first kappa shape index (κ1) is 20.7. The Labute approximate surface area is 172 Å². The molecular formula is C20H24F3N5O2. The minimum atomic E-state index is -4.68. The monoisotopic (exact) mass is 423 g/mol. The largest absolute Gasteiger partial charge is 0.573 e. The lowest BCUT2D eigenvalue weighted by molar-refractivity contribution is -0.274. The molecule has 1 aromatic heterocycles. The molecule has 30 heavy (non-hydrogen) atoms. The summed E-state index contributed by atoms with van der Waals surface area (Å²) in [6.07, 6.45) is -2.91. The van der Waals surface area contributed by atoms with Crippen LogP contribution in [0.4, 0.5) is 19.0 Å². The number of fused-ring (bicyclic) bond motifs is 1. The number of carbonyl (C=O) groups excluding carboxylic acids is 1. The number of aryl methyl sites for hydroxylation is 1. The number of hydrogen-bond donors (Lipinski definition) is 2. The van der Waals surface area contributed by atoms with Crippen molar-refractivity contribution in [2.45, 2.75) is 12.9 Å². The van der Waals surface area contributed by atoms with Crippen LogP contribution < -0.4 is 15.4 Å². The lowest BCUT2D eigenvalue weighted by Gasteiger charge is -2.18. The van der Waals surface area contributed by atoms with Gasteiger partial charge in [-0.1, -0.05) is 12.1 Å². The summed E-state index contributed by atoms with van der Waals surface area (Å²) in [6.45, 7) is 3.44. The lowest BCUT2D eigenvalue weighted by atomic mass is 10.2. The number of benzene rings is 1. The third-order valence-corrected chi connectivity index (χ3v) is 5.64. The molecule has 1 amide bonds. The zero-order valence-electron chi connectivity index (χ0n) is 16.5. The van der Waals surface area contributed by atoms with E-state index >= 15 is 0 Å². The van der Waals surface area contributed by atoms with Crippen molar-refractivity contribution in [1.29, 1.82) is 0 Å². The number of piperidine rings is 1. The van der Waals surface area contributed by atoms with Gasteiger partial charge in [-0.2, -0.15) is 5.10 Å². The highest BCUT2D eigenvalue weighted by molar-refractivity contribution is 5.91. The molecule has 1 aliphatic heterocycles. The normalized spacial score (nSPS) is 23.3. The van der Waals surface area contributed by atoms with Crippen molar-refractivity contribution in [2.75, 3.05) is 31.5 Å². The maximum Gasteiger partial charge on any atom is 0.573 e. The molecule has 2 aromatic rings. The number of likely N-dealkylation sites (tertiary alicyclic amines) is 1. The van der Waals surface area contributed by atoms with Crippen LogP contribution >= 0.6 is 0 Å². The minimum Gasteiger partial charge on any atom is -0.406 e. The highest BCUT2D eigenvalue weighted by atomic mass is 19.4. The molecule has 0 bridgehead atoms. The average molecular weight is 423 g/mol. The first-order valence-electron chi connectivity index (χ1n) is 9.84. The quantitative estimate of drug-likeness (QED) is 0.682. The van der Waals surface area contributed by atoms with Gasteiger partial charge in [0.05, 0.1) is 6.54 Å². The van der Waals surface area contributed by atoms with Crippen LogP contribution in [0, 0.1) is 17.8 Å². The molecule has 1 saturated carbocycles. The van der Waals surface area contributed by atoms with E-state index in [9.17, 15) is 18.0 Å². The third kappa shape index (κ3) is 5.31. The van der Waals surface area contributed by atoms with E-state index in [2.05, 4.69) is 25.4 Å². The Kier molecular flexibility index (Phi) is 5.70. The second kappa shape index (κ2) is 8.27. The van der Waals surface area contributed by atoms with Crippen LogP contribution in [-0.2, 0) is 18.4 Å². The fourth-order valence-electron chi connectivity index (χ4n) is 4.27. The molecule has 10 heteroatoms. The second-order valence-electron chi connectivity index (χ2n) is 7.93. The van der Waals surface area contributed by atoms with E-state index in [4.69, 9.17) is 0 Å². The number of anilines is 1. The summed E-state index contributed by atoms with van der Waals surface area (Å²) in [7, 11) is 1.80. The summed E-state index contributed by atoms with van der Waals surface area (Å²) >= 11 is 0. The van der Waals surface area contributed by atoms with Gasteiger partial charge >= 0.3 is 6.36 Å². The van der Waals surface area contributed by atoms with Crippen LogP contribution in [0.2, 0.25) is 0 Å². The zero-order chi connectivity index (χ0) is 21.3. The molecule has 2 heterocycles. The lowest BCUT2D eigenvalue weighted by Crippen LogP contribution is -2.34. The summed E-state index contributed by atoms with van der Waals surface area (Å²) in [5.74, 6) is 1.98. The van der Waals surface area contributed by atoms with Crippen molar-refractivity contribution in [3.8, 4) is 5.75 Å². The van der Waals surface area contributed by atoms with E-state index in [1.807, 2.05) is 0 Å². The number of aromatic nitrogens is 2. The van der Waals surface area contributed by atoms with E-state index in [-0.39, 0.29) is 11.7 Å². The van der Waals surface area contributed by atoms with E-state index in [1.54, 1.807) is 36.1 Å². The number of carbonyl (C=O) groups is 1. The maximum atomic E-state index is 12.3. The van der Waals surface area contributed by atoms with Crippen LogP contribution in [-0.4, -0.2) is 53.1 Å². The van der Waals surface area contributed by atoms with Gasteiger partial charge < -0.3 is 15.4 Å².